The van der Waals surface area contributed by atoms with Crippen LogP contribution in [0.3, 0.4) is 0 Å². The summed E-state index contributed by atoms with van der Waals surface area (Å²) in [6.07, 6.45) is 2.19. The highest BCUT2D eigenvalue weighted by molar-refractivity contribution is 5.86. The van der Waals surface area contributed by atoms with Crippen LogP contribution >= 0.6 is 0 Å². The van der Waals surface area contributed by atoms with Crippen molar-refractivity contribution in [3.05, 3.63) is 107 Å². The average Bonchev–Trinajstić information content (AvgIpc) is 3.05. The quantitative estimate of drug-likeness (QED) is 0.395. The van der Waals surface area contributed by atoms with Gasteiger partial charge in [0.25, 0.3) is 0 Å². The van der Waals surface area contributed by atoms with Gasteiger partial charge in [0.05, 0.1) is 0 Å². The molecular formula is C28H30N2. The second-order valence-corrected chi connectivity index (χ2v) is 8.78. The molecule has 30 heavy (non-hydrogen) atoms. The molecule has 0 saturated heterocycles. The van der Waals surface area contributed by atoms with Crippen molar-refractivity contribution in [2.45, 2.75) is 52.4 Å². The maximum absolute atomic E-state index is 2.64. The summed E-state index contributed by atoms with van der Waals surface area (Å²) in [5, 5.41) is 1.45. The van der Waals surface area contributed by atoms with Crippen molar-refractivity contribution in [2.75, 3.05) is 0 Å². The first kappa shape index (κ1) is 19.1. The van der Waals surface area contributed by atoms with Gasteiger partial charge in [-0.05, 0) is 49.1 Å². The fourth-order valence-electron chi connectivity index (χ4n) is 4.94. The fraction of sp³-hybridized carbons (Fsp3) is 0.286. The second kappa shape index (κ2) is 8.12. The average molecular weight is 395 g/mol. The van der Waals surface area contributed by atoms with E-state index in [4.69, 9.17) is 0 Å². The van der Waals surface area contributed by atoms with Crippen molar-refractivity contribution in [3.63, 3.8) is 0 Å². The summed E-state index contributed by atoms with van der Waals surface area (Å²) >= 11 is 0. The number of fused-ring (bicyclic) bond motifs is 3. The van der Waals surface area contributed by atoms with Crippen LogP contribution in [0.1, 0.15) is 34.9 Å². The molecule has 0 N–H and O–H groups in total. The molecule has 0 bridgehead atoms. The highest BCUT2D eigenvalue weighted by Crippen LogP contribution is 2.34. The lowest BCUT2D eigenvalue weighted by atomic mass is 9.98. The van der Waals surface area contributed by atoms with Crippen molar-refractivity contribution < 1.29 is 0 Å². The van der Waals surface area contributed by atoms with Gasteiger partial charge in [0.1, 0.15) is 0 Å². The van der Waals surface area contributed by atoms with Gasteiger partial charge in [-0.15, -0.1) is 0 Å². The third-order valence-corrected chi connectivity index (χ3v) is 6.61. The zero-order valence-corrected chi connectivity index (χ0v) is 18.0. The third-order valence-electron chi connectivity index (χ3n) is 6.61. The second-order valence-electron chi connectivity index (χ2n) is 8.78. The Labute approximate surface area is 179 Å². The van der Waals surface area contributed by atoms with Crippen LogP contribution in [0.5, 0.6) is 0 Å². The van der Waals surface area contributed by atoms with Crippen molar-refractivity contribution >= 4 is 10.9 Å². The van der Waals surface area contributed by atoms with E-state index in [1.165, 1.54) is 33.2 Å². The molecule has 152 valence electrons. The molecule has 0 fully saturated rings. The molecule has 2 nitrogen and oxygen atoms in total. The van der Waals surface area contributed by atoms with Gasteiger partial charge in [0.2, 0.25) is 0 Å². The molecule has 0 amide bonds. The highest BCUT2D eigenvalue weighted by Gasteiger charge is 2.28. The zero-order valence-electron chi connectivity index (χ0n) is 18.0. The molecule has 0 spiro atoms. The number of aromatic nitrogens is 1. The Morgan fingerprint density at radius 2 is 1.57 bits per heavy atom. The van der Waals surface area contributed by atoms with Crippen molar-refractivity contribution in [1.82, 2.24) is 9.47 Å². The van der Waals surface area contributed by atoms with Gasteiger partial charge in [-0.25, -0.2) is 0 Å². The lowest BCUT2D eigenvalue weighted by Crippen LogP contribution is -2.38. The Kier molecular flexibility index (Phi) is 5.18. The van der Waals surface area contributed by atoms with E-state index in [-0.39, 0.29) is 0 Å². The topological polar surface area (TPSA) is 8.17 Å². The van der Waals surface area contributed by atoms with Gasteiger partial charge >= 0.3 is 0 Å². The first-order chi connectivity index (χ1) is 14.7. The number of nitrogens with zero attached hydrogens (tertiary/aromatic N) is 2. The van der Waals surface area contributed by atoms with Crippen molar-refractivity contribution in [3.8, 4) is 0 Å². The van der Waals surface area contributed by atoms with Crippen molar-refractivity contribution in [2.24, 2.45) is 0 Å². The van der Waals surface area contributed by atoms with Crippen LogP contribution in [-0.2, 0) is 32.5 Å². The minimum atomic E-state index is 0.540. The van der Waals surface area contributed by atoms with E-state index < -0.39 is 0 Å². The van der Waals surface area contributed by atoms with Gasteiger partial charge < -0.3 is 4.57 Å². The predicted molar refractivity (Wildman–Crippen MR) is 126 cm³/mol. The van der Waals surface area contributed by atoms with Crippen LogP contribution < -0.4 is 0 Å². The smallest absolute Gasteiger partial charge is 0.0486 e. The zero-order chi connectivity index (χ0) is 20.5. The summed E-state index contributed by atoms with van der Waals surface area (Å²) in [5.74, 6) is 0. The van der Waals surface area contributed by atoms with Crippen LogP contribution in [-0.4, -0.2) is 15.5 Å². The van der Waals surface area contributed by atoms with Gasteiger partial charge in [-0.1, -0.05) is 72.3 Å². The fourth-order valence-corrected chi connectivity index (χ4v) is 4.94. The van der Waals surface area contributed by atoms with Crippen LogP contribution in [0.25, 0.3) is 10.9 Å². The molecular weight excluding hydrogens is 364 g/mol. The van der Waals surface area contributed by atoms with Crippen LogP contribution in [0, 0.1) is 6.92 Å². The van der Waals surface area contributed by atoms with E-state index in [1.54, 1.807) is 5.69 Å². The van der Waals surface area contributed by atoms with Gasteiger partial charge in [-0.3, -0.25) is 4.90 Å². The molecule has 1 aromatic heterocycles. The van der Waals surface area contributed by atoms with Crippen LogP contribution in [0.2, 0.25) is 0 Å². The lowest BCUT2D eigenvalue weighted by molar-refractivity contribution is 0.173. The summed E-state index contributed by atoms with van der Waals surface area (Å²) in [6.45, 7) is 7.69. The Hall–Kier alpha value is -2.84. The highest BCUT2D eigenvalue weighted by atomic mass is 15.2. The van der Waals surface area contributed by atoms with E-state index >= 15 is 0 Å². The molecule has 1 unspecified atom stereocenters. The first-order valence-corrected chi connectivity index (χ1v) is 11.1. The van der Waals surface area contributed by atoms with Gasteiger partial charge in [-0.2, -0.15) is 0 Å². The molecule has 4 aromatic rings. The molecule has 5 rings (SSSR count). The Morgan fingerprint density at radius 3 is 2.30 bits per heavy atom. The molecule has 0 radical (unpaired) electrons. The van der Waals surface area contributed by atoms with E-state index in [9.17, 15) is 0 Å². The number of aryl methyl sites for hydroxylation is 3. The van der Waals surface area contributed by atoms with E-state index in [1.807, 2.05) is 0 Å². The Bertz CT molecular complexity index is 1140. The maximum atomic E-state index is 2.64. The molecule has 0 aliphatic carbocycles. The lowest BCUT2D eigenvalue weighted by Gasteiger charge is -2.34. The minimum Gasteiger partial charge on any atom is -0.344 e. The first-order valence-electron chi connectivity index (χ1n) is 11.1. The monoisotopic (exact) mass is 394 g/mol. The minimum absolute atomic E-state index is 0.540. The standard InChI is InChI=1S/C28H30N2/c1-21-13-14-27-25(17-21)26-20-29(19-24-11-7-4-8-12-24)22(2)18-28(26)30(27)16-15-23-9-5-3-6-10-23/h3-14,17,22H,15-16,18-20H2,1-2H3. The summed E-state index contributed by atoms with van der Waals surface area (Å²) < 4.78 is 2.60. The molecule has 2 heteroatoms. The normalized spacial score (nSPS) is 16.7. The summed E-state index contributed by atoms with van der Waals surface area (Å²) in [7, 11) is 0. The summed E-state index contributed by atoms with van der Waals surface area (Å²) in [5.41, 5.74) is 8.64. The number of benzene rings is 3. The Balaban J connectivity index is 1.50. The molecule has 0 saturated carbocycles. The molecule has 3 aromatic carbocycles. The van der Waals surface area contributed by atoms with E-state index in [0.29, 0.717) is 6.04 Å². The molecule has 1 aliphatic heterocycles. The van der Waals surface area contributed by atoms with Gasteiger partial charge in [0.15, 0.2) is 0 Å². The molecule has 1 atom stereocenters. The maximum Gasteiger partial charge on any atom is 0.0486 e. The summed E-state index contributed by atoms with van der Waals surface area (Å²) in [4.78, 5) is 2.64. The van der Waals surface area contributed by atoms with Crippen LogP contribution in [0.15, 0.2) is 78.9 Å². The number of rotatable bonds is 5. The molecule has 2 heterocycles. The summed E-state index contributed by atoms with van der Waals surface area (Å²) in [6, 6.07) is 29.3. The number of hydrogen-bond acceptors (Lipinski definition) is 1. The van der Waals surface area contributed by atoms with E-state index in [2.05, 4.69) is 102 Å². The number of hydrogen-bond donors (Lipinski definition) is 0. The largest absolute Gasteiger partial charge is 0.344 e. The van der Waals surface area contributed by atoms with Crippen molar-refractivity contribution in [1.29, 1.82) is 0 Å². The van der Waals surface area contributed by atoms with Gasteiger partial charge in [0, 0.05) is 48.7 Å². The molecule has 1 aliphatic rings. The Morgan fingerprint density at radius 1 is 0.867 bits per heavy atom. The van der Waals surface area contributed by atoms with Crippen LogP contribution in [0.4, 0.5) is 0 Å². The SMILES string of the molecule is Cc1ccc2c(c1)c1c(n2CCc2ccccc2)CC(C)N(Cc2ccccc2)C1. The van der Waals surface area contributed by atoms with E-state index in [0.717, 1.165) is 32.5 Å². The predicted octanol–water partition coefficient (Wildman–Crippen LogP) is 6.14. The third kappa shape index (κ3) is 3.68.